The highest BCUT2D eigenvalue weighted by molar-refractivity contribution is 5.94. The first-order chi connectivity index (χ1) is 12.1. The fraction of sp³-hybridized carbons (Fsp3) is 0.316. The second kappa shape index (κ2) is 7.61. The lowest BCUT2D eigenvalue weighted by Gasteiger charge is -2.31. The first-order valence-electron chi connectivity index (χ1n) is 8.20. The summed E-state index contributed by atoms with van der Waals surface area (Å²) in [6.07, 6.45) is 1.60. The molecule has 1 amide bonds. The van der Waals surface area contributed by atoms with Gasteiger partial charge in [-0.25, -0.2) is 8.78 Å². The highest BCUT2D eigenvalue weighted by atomic mass is 19.1. The van der Waals surface area contributed by atoms with Crippen LogP contribution in [0.1, 0.15) is 23.2 Å². The van der Waals surface area contributed by atoms with Gasteiger partial charge in [-0.15, -0.1) is 0 Å². The number of carbonyl (C=O) groups excluding carboxylic acids is 1. The summed E-state index contributed by atoms with van der Waals surface area (Å²) in [5.41, 5.74) is 0.523. The third-order valence-corrected chi connectivity index (χ3v) is 4.38. The molecule has 132 valence electrons. The van der Waals surface area contributed by atoms with Gasteiger partial charge in [0.25, 0.3) is 5.91 Å². The van der Waals surface area contributed by atoms with Crippen LogP contribution in [0.2, 0.25) is 0 Å². The van der Waals surface area contributed by atoms with E-state index in [9.17, 15) is 13.6 Å². The molecule has 3 rings (SSSR count). The maximum atomic E-state index is 13.6. The molecule has 0 spiro atoms. The lowest BCUT2D eigenvalue weighted by molar-refractivity contribution is 0.0651. The average Bonchev–Trinajstić information content (AvgIpc) is 2.64. The third-order valence-electron chi connectivity index (χ3n) is 4.38. The summed E-state index contributed by atoms with van der Waals surface area (Å²) < 4.78 is 31.9. The first-order valence-corrected chi connectivity index (χ1v) is 8.20. The predicted octanol–water partition coefficient (Wildman–Crippen LogP) is 3.60. The molecule has 1 heterocycles. The maximum absolute atomic E-state index is 13.6. The van der Waals surface area contributed by atoms with Crippen LogP contribution in [-0.2, 0) is 0 Å². The van der Waals surface area contributed by atoms with E-state index in [2.05, 4.69) is 0 Å². The van der Waals surface area contributed by atoms with E-state index in [4.69, 9.17) is 9.84 Å². The smallest absolute Gasteiger partial charge is 0.253 e. The van der Waals surface area contributed by atoms with Crippen LogP contribution >= 0.6 is 0 Å². The zero-order valence-electron chi connectivity index (χ0n) is 13.6. The van der Waals surface area contributed by atoms with Crippen LogP contribution in [0.15, 0.2) is 42.5 Å². The molecule has 0 bridgehead atoms. The lowest BCUT2D eigenvalue weighted by atomic mass is 9.97. The minimum Gasteiger partial charge on any atom is -0.454 e. The fourth-order valence-corrected chi connectivity index (χ4v) is 2.85. The van der Waals surface area contributed by atoms with Crippen molar-refractivity contribution in [2.24, 2.45) is 5.92 Å². The summed E-state index contributed by atoms with van der Waals surface area (Å²) in [6, 6.07) is 9.49. The minimum absolute atomic E-state index is 0.0732. The highest BCUT2D eigenvalue weighted by Gasteiger charge is 2.23. The molecule has 0 aromatic heterocycles. The maximum Gasteiger partial charge on any atom is 0.253 e. The molecular weight excluding hydrogens is 328 g/mol. The molecule has 0 radical (unpaired) electrons. The van der Waals surface area contributed by atoms with Crippen molar-refractivity contribution in [2.75, 3.05) is 19.7 Å². The molecule has 6 heteroatoms. The Balaban J connectivity index is 1.64. The number of carbonyl (C=O) groups is 1. The van der Waals surface area contributed by atoms with Crippen LogP contribution in [0.25, 0.3) is 0 Å². The Kier molecular flexibility index (Phi) is 5.28. The van der Waals surface area contributed by atoms with Gasteiger partial charge in [0, 0.05) is 31.3 Å². The summed E-state index contributed by atoms with van der Waals surface area (Å²) in [7, 11) is 0. The first kappa shape index (κ1) is 17.4. The Morgan fingerprint density at radius 2 is 1.80 bits per heavy atom. The number of aliphatic hydroxyl groups excluding tert-OH is 1. The molecule has 1 saturated heterocycles. The quantitative estimate of drug-likeness (QED) is 0.919. The fourth-order valence-electron chi connectivity index (χ4n) is 2.85. The number of piperidine rings is 1. The Labute approximate surface area is 144 Å². The molecule has 0 saturated carbocycles. The van der Waals surface area contributed by atoms with Gasteiger partial charge in [0.1, 0.15) is 11.6 Å². The van der Waals surface area contributed by atoms with Gasteiger partial charge in [0.2, 0.25) is 0 Å². The zero-order chi connectivity index (χ0) is 17.8. The van der Waals surface area contributed by atoms with Gasteiger partial charge >= 0.3 is 0 Å². The highest BCUT2D eigenvalue weighted by Crippen LogP contribution is 2.26. The van der Waals surface area contributed by atoms with E-state index in [0.717, 1.165) is 25.0 Å². The molecule has 0 aliphatic carbocycles. The number of nitrogens with zero attached hydrogens (tertiary/aromatic N) is 1. The number of benzene rings is 2. The summed E-state index contributed by atoms with van der Waals surface area (Å²) in [6.45, 7) is 1.42. The number of halogens is 2. The molecule has 25 heavy (non-hydrogen) atoms. The van der Waals surface area contributed by atoms with Gasteiger partial charge in [-0.2, -0.15) is 0 Å². The van der Waals surface area contributed by atoms with E-state index in [1.165, 1.54) is 6.07 Å². The number of hydrogen-bond donors (Lipinski definition) is 1. The van der Waals surface area contributed by atoms with Crippen LogP contribution in [0.3, 0.4) is 0 Å². The summed E-state index contributed by atoms with van der Waals surface area (Å²) >= 11 is 0. The van der Waals surface area contributed by atoms with E-state index in [0.29, 0.717) is 24.4 Å². The van der Waals surface area contributed by atoms with Crippen molar-refractivity contribution in [3.05, 3.63) is 59.7 Å². The van der Waals surface area contributed by atoms with Crippen LogP contribution < -0.4 is 4.74 Å². The molecule has 1 N–H and O–H groups in total. The summed E-state index contributed by atoms with van der Waals surface area (Å²) in [4.78, 5) is 14.2. The number of aliphatic hydroxyl groups is 1. The Morgan fingerprint density at radius 1 is 1.12 bits per heavy atom. The standard InChI is InChI=1S/C19H19F2NO3/c20-15-3-6-18(17(21)11-15)25-16-4-1-14(2-5-16)19(24)22-9-7-13(12-23)8-10-22/h1-6,11,13,23H,7-10,12H2. The molecule has 1 aliphatic rings. The molecule has 4 nitrogen and oxygen atoms in total. The van der Waals surface area contributed by atoms with Gasteiger partial charge in [-0.1, -0.05) is 0 Å². The van der Waals surface area contributed by atoms with Crippen molar-refractivity contribution >= 4 is 5.91 Å². The van der Waals surface area contributed by atoms with Gasteiger partial charge in [0.05, 0.1) is 0 Å². The number of hydrogen-bond acceptors (Lipinski definition) is 3. The monoisotopic (exact) mass is 347 g/mol. The van der Waals surface area contributed by atoms with Crippen LogP contribution in [0.5, 0.6) is 11.5 Å². The van der Waals surface area contributed by atoms with Gasteiger partial charge in [-0.05, 0) is 55.2 Å². The van der Waals surface area contributed by atoms with Crippen LogP contribution in [0.4, 0.5) is 8.78 Å². The number of amides is 1. The second-order valence-corrected chi connectivity index (χ2v) is 6.12. The molecular formula is C19H19F2NO3. The summed E-state index contributed by atoms with van der Waals surface area (Å²) in [5, 5.41) is 9.15. The van der Waals surface area contributed by atoms with E-state index in [1.807, 2.05) is 0 Å². The SMILES string of the molecule is O=C(c1ccc(Oc2ccc(F)cc2F)cc1)N1CCC(CO)CC1. The minimum atomic E-state index is -0.785. The van der Waals surface area contributed by atoms with E-state index >= 15 is 0 Å². The molecule has 1 aliphatic heterocycles. The molecule has 2 aromatic rings. The van der Waals surface area contributed by atoms with Crippen molar-refractivity contribution < 1.29 is 23.4 Å². The van der Waals surface area contributed by atoms with Crippen molar-refractivity contribution in [1.82, 2.24) is 4.90 Å². The zero-order valence-corrected chi connectivity index (χ0v) is 13.6. The Hall–Kier alpha value is -2.47. The van der Waals surface area contributed by atoms with Crippen molar-refractivity contribution in [3.63, 3.8) is 0 Å². The third kappa shape index (κ3) is 4.14. The van der Waals surface area contributed by atoms with Crippen LogP contribution in [-0.4, -0.2) is 35.6 Å². The van der Waals surface area contributed by atoms with Gasteiger partial charge in [-0.3, -0.25) is 4.79 Å². The van der Waals surface area contributed by atoms with Crippen molar-refractivity contribution in [3.8, 4) is 11.5 Å². The molecule has 1 fully saturated rings. The predicted molar refractivity (Wildman–Crippen MR) is 88.6 cm³/mol. The Bertz CT molecular complexity index is 741. The average molecular weight is 347 g/mol. The lowest BCUT2D eigenvalue weighted by Crippen LogP contribution is -2.39. The topological polar surface area (TPSA) is 49.8 Å². The van der Waals surface area contributed by atoms with Gasteiger partial charge in [0.15, 0.2) is 11.6 Å². The number of ether oxygens (including phenoxy) is 1. The van der Waals surface area contributed by atoms with E-state index < -0.39 is 11.6 Å². The molecule has 0 unspecified atom stereocenters. The second-order valence-electron chi connectivity index (χ2n) is 6.12. The van der Waals surface area contributed by atoms with Crippen LogP contribution in [0, 0.1) is 17.6 Å². The normalized spacial score (nSPS) is 15.2. The van der Waals surface area contributed by atoms with Crippen molar-refractivity contribution in [2.45, 2.75) is 12.8 Å². The Morgan fingerprint density at radius 3 is 2.40 bits per heavy atom. The largest absolute Gasteiger partial charge is 0.454 e. The molecule has 2 aromatic carbocycles. The van der Waals surface area contributed by atoms with Gasteiger partial charge < -0.3 is 14.7 Å². The summed E-state index contributed by atoms with van der Waals surface area (Å²) in [5.74, 6) is -0.975. The number of rotatable bonds is 4. The number of likely N-dealkylation sites (tertiary alicyclic amines) is 1. The van der Waals surface area contributed by atoms with E-state index in [1.54, 1.807) is 29.2 Å². The van der Waals surface area contributed by atoms with E-state index in [-0.39, 0.29) is 24.2 Å². The van der Waals surface area contributed by atoms with Crippen molar-refractivity contribution in [1.29, 1.82) is 0 Å². The molecule has 0 atom stereocenters.